The van der Waals surface area contributed by atoms with Gasteiger partial charge in [0.1, 0.15) is 0 Å². The first-order valence-electron chi connectivity index (χ1n) is 10.3. The zero-order chi connectivity index (χ0) is 20.8. The molecule has 0 bridgehead atoms. The van der Waals surface area contributed by atoms with Crippen molar-refractivity contribution in [1.29, 1.82) is 0 Å². The third-order valence-corrected chi connectivity index (χ3v) is 5.61. The highest BCUT2D eigenvalue weighted by Crippen LogP contribution is 2.16. The molecule has 1 aromatic heterocycles. The fraction of sp³-hybridized carbons (Fsp3) is 0.571. The Morgan fingerprint density at radius 2 is 2.10 bits per heavy atom. The van der Waals surface area contributed by atoms with E-state index in [1.54, 1.807) is 18.2 Å². The monoisotopic (exact) mass is 402 g/mol. The second kappa shape index (κ2) is 9.84. The first kappa shape index (κ1) is 21.3. The molecule has 8 nitrogen and oxygen atoms in total. The van der Waals surface area contributed by atoms with Gasteiger partial charge in [-0.15, -0.1) is 0 Å². The molecular formula is C21H30N4O4. The van der Waals surface area contributed by atoms with Crippen LogP contribution in [0.1, 0.15) is 43.0 Å². The molecule has 1 fully saturated rings. The number of methoxy groups -OCH3 is 1. The van der Waals surface area contributed by atoms with E-state index < -0.39 is 5.69 Å². The Balaban J connectivity index is 1.62. The van der Waals surface area contributed by atoms with Gasteiger partial charge in [0.25, 0.3) is 11.5 Å². The molecule has 0 saturated carbocycles. The number of carbonyl (C=O) groups excluding carboxylic acids is 1. The molecule has 1 atom stereocenters. The molecule has 8 heteroatoms. The number of H-pyrrole nitrogens is 1. The van der Waals surface area contributed by atoms with Gasteiger partial charge in [0.05, 0.1) is 24.1 Å². The van der Waals surface area contributed by atoms with Gasteiger partial charge in [0.2, 0.25) is 0 Å². The van der Waals surface area contributed by atoms with Gasteiger partial charge in [-0.2, -0.15) is 0 Å². The minimum atomic E-state index is -0.507. The van der Waals surface area contributed by atoms with Crippen LogP contribution in [0.2, 0.25) is 0 Å². The second-order valence-corrected chi connectivity index (χ2v) is 7.63. The number of likely N-dealkylation sites (tertiary alicyclic amines) is 1. The molecule has 2 aromatic rings. The molecule has 0 radical (unpaired) electrons. The fourth-order valence-corrected chi connectivity index (χ4v) is 3.86. The van der Waals surface area contributed by atoms with E-state index in [9.17, 15) is 14.4 Å². The molecule has 1 saturated heterocycles. The molecule has 158 valence electrons. The Morgan fingerprint density at radius 3 is 2.86 bits per heavy atom. The van der Waals surface area contributed by atoms with E-state index >= 15 is 0 Å². The van der Waals surface area contributed by atoms with Crippen LogP contribution in [0.25, 0.3) is 10.9 Å². The fourth-order valence-electron chi connectivity index (χ4n) is 3.86. The lowest BCUT2D eigenvalue weighted by Gasteiger charge is -2.33. The summed E-state index contributed by atoms with van der Waals surface area (Å²) in [6, 6.07) is 5.37. The Morgan fingerprint density at radius 1 is 1.28 bits per heavy atom. The average Bonchev–Trinajstić information content (AvgIpc) is 2.71. The summed E-state index contributed by atoms with van der Waals surface area (Å²) in [6.07, 6.45) is 4.69. The molecule has 3 rings (SSSR count). The number of piperidine rings is 1. The van der Waals surface area contributed by atoms with Gasteiger partial charge >= 0.3 is 5.69 Å². The number of amides is 1. The van der Waals surface area contributed by atoms with Crippen LogP contribution in [-0.4, -0.2) is 59.8 Å². The van der Waals surface area contributed by atoms with E-state index in [2.05, 4.69) is 22.1 Å². The van der Waals surface area contributed by atoms with Crippen LogP contribution in [0.4, 0.5) is 0 Å². The lowest BCUT2D eigenvalue weighted by atomic mass is 10.0. The minimum Gasteiger partial charge on any atom is -0.383 e. The van der Waals surface area contributed by atoms with Gasteiger partial charge in [0, 0.05) is 31.8 Å². The van der Waals surface area contributed by atoms with E-state index in [0.717, 1.165) is 24.1 Å². The number of aromatic nitrogens is 2. The molecule has 2 heterocycles. The molecule has 1 amide bonds. The van der Waals surface area contributed by atoms with Crippen LogP contribution >= 0.6 is 0 Å². The SMILES string of the molecule is COCCn1c(=O)[nH]c2cc(C(=O)NCCCN3CCCC[C@@H]3C)ccc2c1=O. The molecule has 1 aliphatic rings. The van der Waals surface area contributed by atoms with Crippen LogP contribution in [-0.2, 0) is 11.3 Å². The summed E-state index contributed by atoms with van der Waals surface area (Å²) in [5, 5.41) is 3.30. The van der Waals surface area contributed by atoms with Crippen molar-refractivity contribution in [3.63, 3.8) is 0 Å². The predicted molar refractivity (Wildman–Crippen MR) is 113 cm³/mol. The summed E-state index contributed by atoms with van der Waals surface area (Å²) in [6.45, 7) is 5.41. The second-order valence-electron chi connectivity index (χ2n) is 7.63. The highest BCUT2D eigenvalue weighted by atomic mass is 16.5. The Hall–Kier alpha value is -2.45. The number of nitrogens with zero attached hydrogens (tertiary/aromatic N) is 2. The predicted octanol–water partition coefficient (Wildman–Crippen LogP) is 1.33. The maximum absolute atomic E-state index is 12.5. The first-order valence-corrected chi connectivity index (χ1v) is 10.3. The zero-order valence-electron chi connectivity index (χ0n) is 17.2. The van der Waals surface area contributed by atoms with Crippen molar-refractivity contribution < 1.29 is 9.53 Å². The Bertz CT molecular complexity index is 965. The summed E-state index contributed by atoms with van der Waals surface area (Å²) in [5.74, 6) is -0.206. The van der Waals surface area contributed by atoms with Crippen molar-refractivity contribution in [1.82, 2.24) is 19.8 Å². The molecule has 2 N–H and O–H groups in total. The van der Waals surface area contributed by atoms with Crippen molar-refractivity contribution in [3.05, 3.63) is 44.6 Å². The summed E-state index contributed by atoms with van der Waals surface area (Å²) in [7, 11) is 1.51. The molecule has 0 aliphatic carbocycles. The van der Waals surface area contributed by atoms with Crippen molar-refractivity contribution in [2.24, 2.45) is 0 Å². The van der Waals surface area contributed by atoms with Gasteiger partial charge in [-0.1, -0.05) is 6.42 Å². The minimum absolute atomic E-state index is 0.179. The quantitative estimate of drug-likeness (QED) is 0.650. The maximum Gasteiger partial charge on any atom is 0.328 e. The zero-order valence-corrected chi connectivity index (χ0v) is 17.2. The van der Waals surface area contributed by atoms with Gasteiger partial charge in [-0.25, -0.2) is 4.79 Å². The van der Waals surface area contributed by atoms with Gasteiger partial charge < -0.3 is 19.9 Å². The number of carbonyl (C=O) groups is 1. The first-order chi connectivity index (χ1) is 14.0. The lowest BCUT2D eigenvalue weighted by Crippen LogP contribution is -2.39. The van der Waals surface area contributed by atoms with Crippen molar-refractivity contribution in [2.45, 2.75) is 45.2 Å². The summed E-state index contributed by atoms with van der Waals surface area (Å²) < 4.78 is 6.05. The molecule has 29 heavy (non-hydrogen) atoms. The topological polar surface area (TPSA) is 96.4 Å². The van der Waals surface area contributed by atoms with Crippen LogP contribution < -0.4 is 16.6 Å². The number of rotatable bonds is 8. The smallest absolute Gasteiger partial charge is 0.328 e. The average molecular weight is 402 g/mol. The van der Waals surface area contributed by atoms with Crippen molar-refractivity contribution >= 4 is 16.8 Å². The summed E-state index contributed by atoms with van der Waals surface area (Å²) in [5.41, 5.74) is -0.104. The number of hydrogen-bond donors (Lipinski definition) is 2. The molecule has 1 aromatic carbocycles. The third kappa shape index (κ3) is 5.13. The molecule has 0 unspecified atom stereocenters. The number of aromatic amines is 1. The van der Waals surface area contributed by atoms with E-state index in [1.807, 2.05) is 0 Å². The normalized spacial score (nSPS) is 17.5. The van der Waals surface area contributed by atoms with Crippen LogP contribution in [0.3, 0.4) is 0 Å². The van der Waals surface area contributed by atoms with E-state index in [0.29, 0.717) is 29.1 Å². The molecule has 1 aliphatic heterocycles. The highest BCUT2D eigenvalue weighted by molar-refractivity contribution is 5.97. The van der Waals surface area contributed by atoms with E-state index in [-0.39, 0.29) is 24.6 Å². The molecular weight excluding hydrogens is 372 g/mol. The number of nitrogens with one attached hydrogen (secondary N) is 2. The standard InChI is InChI=1S/C21H30N4O4/c1-15-6-3-4-10-24(15)11-5-9-22-19(26)16-7-8-17-18(14-16)23-21(28)25(20(17)27)12-13-29-2/h7-8,14-15H,3-6,9-13H2,1-2H3,(H,22,26)(H,23,28)/t15-/m0/s1. The summed E-state index contributed by atoms with van der Waals surface area (Å²) in [4.78, 5) is 42.3. The van der Waals surface area contributed by atoms with Gasteiger partial charge in [-0.3, -0.25) is 14.2 Å². The molecule has 0 spiro atoms. The number of fused-ring (bicyclic) bond motifs is 1. The Labute approximate surface area is 169 Å². The van der Waals surface area contributed by atoms with Crippen molar-refractivity contribution in [2.75, 3.05) is 33.4 Å². The van der Waals surface area contributed by atoms with E-state index in [1.165, 1.54) is 26.4 Å². The number of ether oxygens (including phenoxy) is 1. The highest BCUT2D eigenvalue weighted by Gasteiger charge is 2.17. The number of benzene rings is 1. The maximum atomic E-state index is 12.5. The number of hydrogen-bond acceptors (Lipinski definition) is 5. The lowest BCUT2D eigenvalue weighted by molar-refractivity contribution is 0.0949. The summed E-state index contributed by atoms with van der Waals surface area (Å²) >= 11 is 0. The van der Waals surface area contributed by atoms with E-state index in [4.69, 9.17) is 4.74 Å². The third-order valence-electron chi connectivity index (χ3n) is 5.61. The van der Waals surface area contributed by atoms with Crippen LogP contribution in [0, 0.1) is 0 Å². The van der Waals surface area contributed by atoms with Gasteiger partial charge in [-0.05, 0) is 50.9 Å². The van der Waals surface area contributed by atoms with Crippen LogP contribution in [0.15, 0.2) is 27.8 Å². The Kier molecular flexibility index (Phi) is 7.22. The van der Waals surface area contributed by atoms with Crippen molar-refractivity contribution in [3.8, 4) is 0 Å². The largest absolute Gasteiger partial charge is 0.383 e. The van der Waals surface area contributed by atoms with Gasteiger partial charge in [0.15, 0.2) is 0 Å². The van der Waals surface area contributed by atoms with Crippen LogP contribution in [0.5, 0.6) is 0 Å².